The summed E-state index contributed by atoms with van der Waals surface area (Å²) in [6.45, 7) is 1.89. The van der Waals surface area contributed by atoms with E-state index in [1.807, 2.05) is 6.07 Å². The molecule has 0 aromatic heterocycles. The number of alkyl halides is 1. The lowest BCUT2D eigenvalue weighted by atomic mass is 9.96. The molecular formula is C12H14FNO2. The van der Waals surface area contributed by atoms with E-state index in [9.17, 15) is 9.18 Å². The summed E-state index contributed by atoms with van der Waals surface area (Å²) < 4.78 is 18.9. The number of nitrogens with two attached hydrogens (primary N) is 1. The normalized spacial score (nSPS) is 27.6. The van der Waals surface area contributed by atoms with Gasteiger partial charge in [-0.25, -0.2) is 9.18 Å². The summed E-state index contributed by atoms with van der Waals surface area (Å²) in [5.74, 6) is -0.668. The second-order valence-electron chi connectivity index (χ2n) is 4.00. The summed E-state index contributed by atoms with van der Waals surface area (Å²) in [7, 11) is 0. The Hall–Kier alpha value is -1.42. The van der Waals surface area contributed by atoms with Crippen molar-refractivity contribution in [2.45, 2.75) is 25.1 Å². The van der Waals surface area contributed by atoms with E-state index in [-0.39, 0.29) is 13.0 Å². The first-order chi connectivity index (χ1) is 7.59. The number of esters is 1. The number of hydrogen-bond acceptors (Lipinski definition) is 3. The van der Waals surface area contributed by atoms with Gasteiger partial charge in [-0.2, -0.15) is 0 Å². The number of halogens is 1. The summed E-state index contributed by atoms with van der Waals surface area (Å²) in [5, 5.41) is 0. The van der Waals surface area contributed by atoms with Crippen LogP contribution in [0.4, 0.5) is 4.39 Å². The molecule has 1 aliphatic rings. The van der Waals surface area contributed by atoms with E-state index >= 15 is 0 Å². The maximum Gasteiger partial charge on any atom is 0.329 e. The van der Waals surface area contributed by atoms with Crippen LogP contribution in [0.15, 0.2) is 24.3 Å². The SMILES string of the molecule is CCOC(=O)C1(N)Cc2ccccc2C1F. The molecule has 2 N–H and O–H groups in total. The van der Waals surface area contributed by atoms with Crippen LogP contribution in [0.1, 0.15) is 24.2 Å². The summed E-state index contributed by atoms with van der Waals surface area (Å²) in [5.41, 5.74) is 5.56. The van der Waals surface area contributed by atoms with Gasteiger partial charge >= 0.3 is 5.97 Å². The minimum absolute atomic E-state index is 0.198. The van der Waals surface area contributed by atoms with Crippen molar-refractivity contribution in [3.63, 3.8) is 0 Å². The molecule has 0 saturated heterocycles. The van der Waals surface area contributed by atoms with Gasteiger partial charge in [0, 0.05) is 6.42 Å². The number of hydrogen-bond donors (Lipinski definition) is 1. The average Bonchev–Trinajstić information content (AvgIpc) is 2.54. The van der Waals surface area contributed by atoms with Crippen LogP contribution in [0.3, 0.4) is 0 Å². The van der Waals surface area contributed by atoms with Crippen LogP contribution in [-0.2, 0) is 16.0 Å². The molecule has 0 fully saturated rings. The van der Waals surface area contributed by atoms with Crippen molar-refractivity contribution in [1.82, 2.24) is 0 Å². The van der Waals surface area contributed by atoms with Gasteiger partial charge in [-0.15, -0.1) is 0 Å². The molecule has 2 unspecified atom stereocenters. The first kappa shape index (κ1) is 11.1. The molecule has 3 nitrogen and oxygen atoms in total. The number of fused-ring (bicyclic) bond motifs is 1. The van der Waals surface area contributed by atoms with Gasteiger partial charge in [0.2, 0.25) is 0 Å². The predicted octanol–water partition coefficient (Wildman–Crippen LogP) is 1.51. The maximum absolute atomic E-state index is 14.1. The molecular weight excluding hydrogens is 209 g/mol. The van der Waals surface area contributed by atoms with Crippen LogP contribution in [-0.4, -0.2) is 18.1 Å². The molecule has 16 heavy (non-hydrogen) atoms. The molecule has 0 spiro atoms. The summed E-state index contributed by atoms with van der Waals surface area (Å²) in [4.78, 5) is 11.7. The van der Waals surface area contributed by atoms with E-state index in [1.54, 1.807) is 25.1 Å². The molecule has 0 bridgehead atoms. The van der Waals surface area contributed by atoms with Crippen molar-refractivity contribution in [2.75, 3.05) is 6.61 Å². The highest BCUT2D eigenvalue weighted by Gasteiger charge is 2.50. The topological polar surface area (TPSA) is 52.3 Å². The Morgan fingerprint density at radius 2 is 2.31 bits per heavy atom. The maximum atomic E-state index is 14.1. The Balaban J connectivity index is 2.32. The molecule has 1 aliphatic carbocycles. The fraction of sp³-hybridized carbons (Fsp3) is 0.417. The van der Waals surface area contributed by atoms with Gasteiger partial charge in [0.05, 0.1) is 6.61 Å². The zero-order chi connectivity index (χ0) is 11.8. The quantitative estimate of drug-likeness (QED) is 0.773. The van der Waals surface area contributed by atoms with Crippen LogP contribution < -0.4 is 5.73 Å². The van der Waals surface area contributed by atoms with Crippen LogP contribution in [0, 0.1) is 0 Å². The van der Waals surface area contributed by atoms with E-state index in [0.717, 1.165) is 5.56 Å². The Kier molecular flexibility index (Phi) is 2.68. The third-order valence-electron chi connectivity index (χ3n) is 2.92. The molecule has 0 amide bonds. The van der Waals surface area contributed by atoms with Gasteiger partial charge in [0.15, 0.2) is 11.7 Å². The van der Waals surface area contributed by atoms with E-state index in [0.29, 0.717) is 5.56 Å². The van der Waals surface area contributed by atoms with Crippen LogP contribution >= 0.6 is 0 Å². The fourth-order valence-corrected chi connectivity index (χ4v) is 2.07. The van der Waals surface area contributed by atoms with Crippen LogP contribution in [0.2, 0.25) is 0 Å². The van der Waals surface area contributed by atoms with Crippen molar-refractivity contribution < 1.29 is 13.9 Å². The highest BCUT2D eigenvalue weighted by atomic mass is 19.1. The lowest BCUT2D eigenvalue weighted by Gasteiger charge is -2.23. The standard InChI is InChI=1S/C12H14FNO2/c1-2-16-11(15)12(14)7-8-5-3-4-6-9(8)10(12)13/h3-6,10H,2,7,14H2,1H3. The third kappa shape index (κ3) is 1.50. The first-order valence-corrected chi connectivity index (χ1v) is 5.27. The summed E-state index contributed by atoms with van der Waals surface area (Å²) in [6, 6.07) is 6.99. The lowest BCUT2D eigenvalue weighted by Crippen LogP contribution is -2.51. The van der Waals surface area contributed by atoms with Crippen molar-refractivity contribution >= 4 is 5.97 Å². The lowest BCUT2D eigenvalue weighted by molar-refractivity contribution is -0.152. The molecule has 0 saturated carbocycles. The number of carbonyl (C=O) groups excluding carboxylic acids is 1. The Morgan fingerprint density at radius 1 is 1.62 bits per heavy atom. The number of ether oxygens (including phenoxy) is 1. The molecule has 2 atom stereocenters. The molecule has 0 radical (unpaired) electrons. The molecule has 2 rings (SSSR count). The van der Waals surface area contributed by atoms with E-state index in [1.165, 1.54) is 0 Å². The molecule has 4 heteroatoms. The van der Waals surface area contributed by atoms with Gasteiger partial charge in [-0.05, 0) is 18.1 Å². The Labute approximate surface area is 93.4 Å². The van der Waals surface area contributed by atoms with E-state index in [2.05, 4.69) is 0 Å². The number of rotatable bonds is 2. The van der Waals surface area contributed by atoms with Gasteiger partial charge in [-0.3, -0.25) is 0 Å². The smallest absolute Gasteiger partial charge is 0.329 e. The van der Waals surface area contributed by atoms with E-state index in [4.69, 9.17) is 10.5 Å². The second-order valence-corrected chi connectivity index (χ2v) is 4.00. The molecule has 0 heterocycles. The summed E-state index contributed by atoms with van der Waals surface area (Å²) in [6.07, 6.45) is -1.29. The highest BCUT2D eigenvalue weighted by molar-refractivity contribution is 5.83. The minimum atomic E-state index is -1.56. The van der Waals surface area contributed by atoms with Crippen LogP contribution in [0.5, 0.6) is 0 Å². The average molecular weight is 223 g/mol. The molecule has 1 aromatic carbocycles. The van der Waals surface area contributed by atoms with Crippen molar-refractivity contribution in [3.8, 4) is 0 Å². The van der Waals surface area contributed by atoms with Crippen molar-refractivity contribution in [1.29, 1.82) is 0 Å². The second kappa shape index (κ2) is 3.87. The largest absolute Gasteiger partial charge is 0.465 e. The van der Waals surface area contributed by atoms with Gasteiger partial charge < -0.3 is 10.5 Å². The predicted molar refractivity (Wildman–Crippen MR) is 57.5 cm³/mol. The molecule has 0 aliphatic heterocycles. The van der Waals surface area contributed by atoms with Gasteiger partial charge in [0.1, 0.15) is 0 Å². The van der Waals surface area contributed by atoms with Crippen LogP contribution in [0.25, 0.3) is 0 Å². The Morgan fingerprint density at radius 3 is 2.94 bits per heavy atom. The zero-order valence-electron chi connectivity index (χ0n) is 9.07. The third-order valence-corrected chi connectivity index (χ3v) is 2.92. The van der Waals surface area contributed by atoms with Crippen molar-refractivity contribution in [3.05, 3.63) is 35.4 Å². The van der Waals surface area contributed by atoms with Gasteiger partial charge in [0.25, 0.3) is 0 Å². The highest BCUT2D eigenvalue weighted by Crippen LogP contribution is 2.40. The van der Waals surface area contributed by atoms with Gasteiger partial charge in [-0.1, -0.05) is 24.3 Å². The molecule has 86 valence electrons. The number of benzene rings is 1. The monoisotopic (exact) mass is 223 g/mol. The van der Waals surface area contributed by atoms with E-state index < -0.39 is 17.7 Å². The minimum Gasteiger partial charge on any atom is -0.465 e. The summed E-state index contributed by atoms with van der Waals surface area (Å²) >= 11 is 0. The fourth-order valence-electron chi connectivity index (χ4n) is 2.07. The first-order valence-electron chi connectivity index (χ1n) is 5.27. The molecule has 1 aromatic rings. The zero-order valence-corrected chi connectivity index (χ0v) is 9.07. The Bertz CT molecular complexity index is 421. The number of carbonyl (C=O) groups is 1. The van der Waals surface area contributed by atoms with Crippen molar-refractivity contribution in [2.24, 2.45) is 5.73 Å².